The number of anilines is 1. The Kier molecular flexibility index (Phi) is 10.9. The summed E-state index contributed by atoms with van der Waals surface area (Å²) < 4.78 is 18.9. The maximum absolute atomic E-state index is 13.1. The molecule has 208 valence electrons. The third-order valence-corrected chi connectivity index (χ3v) is 6.62. The number of amides is 1. The number of halogens is 1. The minimum absolute atomic E-state index is 0.00644. The van der Waals surface area contributed by atoms with E-state index in [0.29, 0.717) is 49.0 Å². The first-order chi connectivity index (χ1) is 19.6. The fraction of sp³-hybridized carbons (Fsp3) is 0.323. The standard InChI is InChI=1S/C31H35FN6O2/c32-25-8-13-28(14-9-25)40-29-15-10-26(11-16-29)36-31(35-23-33)37-27(22-24-6-2-1-3-7-24)12-17-30(39)34-18-21-38-19-4-5-20-38/h1-3,6-11,13-16,27H,4-5,12,17-22H2,(H,34,39)(H2,35,36,37). The Morgan fingerprint density at radius 1 is 1.00 bits per heavy atom. The van der Waals surface area contributed by atoms with Crippen LogP contribution in [-0.2, 0) is 11.2 Å². The summed E-state index contributed by atoms with van der Waals surface area (Å²) in [5.74, 6) is 1.09. The van der Waals surface area contributed by atoms with Gasteiger partial charge in [-0.2, -0.15) is 5.26 Å². The smallest absolute Gasteiger partial charge is 0.220 e. The lowest BCUT2D eigenvalue weighted by Crippen LogP contribution is -2.34. The molecule has 1 heterocycles. The number of hydrogen-bond acceptors (Lipinski definition) is 5. The lowest BCUT2D eigenvalue weighted by Gasteiger charge is -2.17. The summed E-state index contributed by atoms with van der Waals surface area (Å²) in [5, 5.41) is 18.2. The topological polar surface area (TPSA) is 102 Å². The highest BCUT2D eigenvalue weighted by Crippen LogP contribution is 2.23. The fourth-order valence-electron chi connectivity index (χ4n) is 4.56. The van der Waals surface area contributed by atoms with Gasteiger partial charge in [0.05, 0.1) is 6.04 Å². The van der Waals surface area contributed by atoms with E-state index in [-0.39, 0.29) is 17.8 Å². The molecule has 0 aliphatic carbocycles. The lowest BCUT2D eigenvalue weighted by atomic mass is 10.0. The van der Waals surface area contributed by atoms with Crippen LogP contribution < -0.4 is 20.7 Å². The molecule has 3 aromatic rings. The van der Waals surface area contributed by atoms with Crippen molar-refractivity contribution in [3.8, 4) is 17.7 Å². The van der Waals surface area contributed by atoms with E-state index < -0.39 is 0 Å². The second-order valence-corrected chi connectivity index (χ2v) is 9.70. The van der Waals surface area contributed by atoms with Gasteiger partial charge in [-0.15, -0.1) is 0 Å². The molecule has 1 aliphatic heterocycles. The summed E-state index contributed by atoms with van der Waals surface area (Å²) in [5.41, 5.74) is 1.80. The van der Waals surface area contributed by atoms with Gasteiger partial charge in [-0.3, -0.25) is 10.1 Å². The van der Waals surface area contributed by atoms with E-state index in [0.717, 1.165) is 25.2 Å². The summed E-state index contributed by atoms with van der Waals surface area (Å²) in [6, 6.07) is 22.7. The van der Waals surface area contributed by atoms with Gasteiger partial charge < -0.3 is 20.3 Å². The van der Waals surface area contributed by atoms with E-state index in [9.17, 15) is 14.4 Å². The van der Waals surface area contributed by atoms with E-state index >= 15 is 0 Å². The number of aliphatic imine (C=N–C) groups is 1. The van der Waals surface area contributed by atoms with Gasteiger partial charge in [-0.05, 0) is 92.9 Å². The van der Waals surface area contributed by atoms with Gasteiger partial charge in [-0.1, -0.05) is 30.3 Å². The monoisotopic (exact) mass is 542 g/mol. The molecular formula is C31H35FN6O2. The number of ether oxygens (including phenoxy) is 1. The van der Waals surface area contributed by atoms with Crippen molar-refractivity contribution in [1.82, 2.24) is 15.5 Å². The number of carbonyl (C=O) groups excluding carboxylic acids is 1. The first-order valence-corrected chi connectivity index (χ1v) is 13.6. The van der Waals surface area contributed by atoms with E-state index in [1.165, 1.54) is 25.0 Å². The third-order valence-electron chi connectivity index (χ3n) is 6.62. The van der Waals surface area contributed by atoms with Crippen molar-refractivity contribution in [2.45, 2.75) is 38.1 Å². The van der Waals surface area contributed by atoms with Gasteiger partial charge in [0.25, 0.3) is 0 Å². The minimum Gasteiger partial charge on any atom is -0.457 e. The summed E-state index contributed by atoms with van der Waals surface area (Å²) in [6.45, 7) is 3.74. The van der Waals surface area contributed by atoms with Gasteiger partial charge in [0.1, 0.15) is 17.3 Å². The average molecular weight is 543 g/mol. The molecule has 9 heteroatoms. The normalized spacial score (nSPS) is 14.2. The van der Waals surface area contributed by atoms with Crippen molar-refractivity contribution >= 4 is 17.6 Å². The van der Waals surface area contributed by atoms with Crippen molar-refractivity contribution in [3.63, 3.8) is 0 Å². The molecule has 0 saturated carbocycles. The van der Waals surface area contributed by atoms with Crippen LogP contribution in [0.25, 0.3) is 0 Å². The van der Waals surface area contributed by atoms with E-state index in [1.54, 1.807) is 36.4 Å². The largest absolute Gasteiger partial charge is 0.457 e. The molecule has 1 saturated heterocycles. The van der Waals surface area contributed by atoms with Crippen LogP contribution >= 0.6 is 0 Å². The molecule has 4 rings (SSSR count). The Hall–Kier alpha value is -4.42. The summed E-state index contributed by atoms with van der Waals surface area (Å²) in [7, 11) is 0. The Morgan fingerprint density at radius 3 is 2.35 bits per heavy atom. The summed E-state index contributed by atoms with van der Waals surface area (Å²) in [4.78, 5) is 19.7. The minimum atomic E-state index is -0.326. The van der Waals surface area contributed by atoms with Crippen LogP contribution in [0.15, 0.2) is 83.9 Å². The van der Waals surface area contributed by atoms with Crippen molar-refractivity contribution in [3.05, 3.63) is 90.2 Å². The first-order valence-electron chi connectivity index (χ1n) is 13.6. The molecule has 3 N–H and O–H groups in total. The predicted molar refractivity (Wildman–Crippen MR) is 155 cm³/mol. The number of hydrogen-bond donors (Lipinski definition) is 3. The van der Waals surface area contributed by atoms with Crippen LogP contribution in [-0.4, -0.2) is 49.0 Å². The van der Waals surface area contributed by atoms with Crippen LogP contribution in [0.4, 0.5) is 10.1 Å². The highest BCUT2D eigenvalue weighted by molar-refractivity contribution is 5.94. The van der Waals surface area contributed by atoms with Crippen LogP contribution in [0.2, 0.25) is 0 Å². The molecule has 1 amide bonds. The van der Waals surface area contributed by atoms with Crippen LogP contribution in [0, 0.1) is 17.3 Å². The molecule has 8 nitrogen and oxygen atoms in total. The van der Waals surface area contributed by atoms with Gasteiger partial charge in [0.2, 0.25) is 11.9 Å². The van der Waals surface area contributed by atoms with E-state index in [4.69, 9.17) is 9.73 Å². The van der Waals surface area contributed by atoms with Crippen molar-refractivity contribution in [1.29, 1.82) is 5.26 Å². The highest BCUT2D eigenvalue weighted by atomic mass is 19.1. The quantitative estimate of drug-likeness (QED) is 0.128. The first kappa shape index (κ1) is 28.6. The maximum Gasteiger partial charge on any atom is 0.220 e. The maximum atomic E-state index is 13.1. The van der Waals surface area contributed by atoms with Gasteiger partial charge >= 0.3 is 0 Å². The Labute approximate surface area is 234 Å². The molecule has 1 fully saturated rings. The van der Waals surface area contributed by atoms with Gasteiger partial charge in [0, 0.05) is 25.2 Å². The van der Waals surface area contributed by atoms with Crippen LogP contribution in [0.5, 0.6) is 11.5 Å². The number of carbonyl (C=O) groups is 1. The lowest BCUT2D eigenvalue weighted by molar-refractivity contribution is -0.121. The molecule has 1 aliphatic rings. The molecule has 0 aromatic heterocycles. The molecular weight excluding hydrogens is 507 g/mol. The number of likely N-dealkylation sites (tertiary alicyclic amines) is 1. The Bertz CT molecular complexity index is 1270. The van der Waals surface area contributed by atoms with Crippen LogP contribution in [0.3, 0.4) is 0 Å². The van der Waals surface area contributed by atoms with Crippen molar-refractivity contribution in [2.75, 3.05) is 31.5 Å². The Morgan fingerprint density at radius 2 is 1.68 bits per heavy atom. The second kappa shape index (κ2) is 15.2. The fourth-order valence-corrected chi connectivity index (χ4v) is 4.56. The molecule has 1 unspecified atom stereocenters. The number of rotatable bonds is 12. The SMILES string of the molecule is N#CNC(=NC(CCC(=O)NCCN1CCCC1)Cc1ccccc1)Nc1ccc(Oc2ccc(F)cc2)cc1. The third kappa shape index (κ3) is 9.71. The molecule has 0 bridgehead atoms. The highest BCUT2D eigenvalue weighted by Gasteiger charge is 2.15. The predicted octanol–water partition coefficient (Wildman–Crippen LogP) is 5.06. The number of nitrogens with one attached hydrogen (secondary N) is 3. The summed E-state index contributed by atoms with van der Waals surface area (Å²) >= 11 is 0. The second-order valence-electron chi connectivity index (χ2n) is 9.70. The number of benzene rings is 3. The molecule has 0 radical (unpaired) electrons. The zero-order chi connectivity index (χ0) is 28.0. The average Bonchev–Trinajstić information content (AvgIpc) is 3.48. The zero-order valence-electron chi connectivity index (χ0n) is 22.5. The van der Waals surface area contributed by atoms with Crippen LogP contribution in [0.1, 0.15) is 31.2 Å². The molecule has 40 heavy (non-hydrogen) atoms. The Balaban J connectivity index is 1.38. The van der Waals surface area contributed by atoms with E-state index in [1.807, 2.05) is 36.5 Å². The van der Waals surface area contributed by atoms with Crippen molar-refractivity contribution in [2.24, 2.45) is 4.99 Å². The summed E-state index contributed by atoms with van der Waals surface area (Å²) in [6.07, 6.45) is 5.91. The van der Waals surface area contributed by atoms with Crippen molar-refractivity contribution < 1.29 is 13.9 Å². The van der Waals surface area contributed by atoms with E-state index in [2.05, 4.69) is 20.9 Å². The zero-order valence-corrected chi connectivity index (χ0v) is 22.5. The molecule has 1 atom stereocenters. The van der Waals surface area contributed by atoms with Gasteiger partial charge in [-0.25, -0.2) is 9.38 Å². The number of nitrogens with zero attached hydrogens (tertiary/aromatic N) is 3. The molecule has 3 aromatic carbocycles. The molecule has 0 spiro atoms. The number of guanidine groups is 1. The van der Waals surface area contributed by atoms with Gasteiger partial charge in [0.15, 0.2) is 6.19 Å². The number of nitriles is 1.